The summed E-state index contributed by atoms with van der Waals surface area (Å²) >= 11 is 0. The van der Waals surface area contributed by atoms with Gasteiger partial charge in [0.2, 0.25) is 0 Å². The van der Waals surface area contributed by atoms with Crippen LogP contribution in [0.4, 0.5) is 0 Å². The number of carbonyl (C=O) groups is 1. The zero-order valence-corrected chi connectivity index (χ0v) is 11.3. The van der Waals surface area contributed by atoms with Gasteiger partial charge in [0.15, 0.2) is 0 Å². The third kappa shape index (κ3) is 2.89. The molecule has 102 valence electrons. The summed E-state index contributed by atoms with van der Waals surface area (Å²) in [6.45, 7) is 2.61. The number of hydrogen-bond donors (Lipinski definition) is 1. The second kappa shape index (κ2) is 6.07. The third-order valence-electron chi connectivity index (χ3n) is 3.20. The minimum Gasteiger partial charge on any atom is -0.478 e. The van der Waals surface area contributed by atoms with E-state index in [0.717, 1.165) is 24.1 Å². The average molecular weight is 268 g/mol. The molecule has 4 nitrogen and oxygen atoms in total. The molecular formula is C16H16N2O2. The molecular weight excluding hydrogens is 252 g/mol. The van der Waals surface area contributed by atoms with Crippen LogP contribution in [0.25, 0.3) is 0 Å². The molecule has 1 aromatic heterocycles. The first-order valence-electron chi connectivity index (χ1n) is 6.56. The lowest BCUT2D eigenvalue weighted by atomic mass is 10.1. The average Bonchev–Trinajstić information content (AvgIpc) is 2.83. The van der Waals surface area contributed by atoms with Crippen LogP contribution in [-0.4, -0.2) is 15.6 Å². The zero-order valence-electron chi connectivity index (χ0n) is 11.3. The van der Waals surface area contributed by atoms with Gasteiger partial charge in [0, 0.05) is 18.4 Å². The molecule has 0 aliphatic rings. The maximum absolute atomic E-state index is 11.2. The summed E-state index contributed by atoms with van der Waals surface area (Å²) in [4.78, 5) is 11.2. The minimum atomic E-state index is -0.891. The van der Waals surface area contributed by atoms with Crippen molar-refractivity contribution in [2.24, 2.45) is 0 Å². The number of carboxylic acid groups (broad SMARTS) is 1. The van der Waals surface area contributed by atoms with Crippen LogP contribution in [0.5, 0.6) is 0 Å². The number of nitriles is 1. The van der Waals surface area contributed by atoms with E-state index in [9.17, 15) is 9.90 Å². The number of nitrogens with zero attached hydrogens (tertiary/aromatic N) is 2. The number of rotatable bonds is 5. The molecule has 0 amide bonds. The van der Waals surface area contributed by atoms with Gasteiger partial charge in [0.25, 0.3) is 0 Å². The Morgan fingerprint density at radius 3 is 2.85 bits per heavy atom. The van der Waals surface area contributed by atoms with Crippen molar-refractivity contribution in [3.8, 4) is 6.07 Å². The Kier molecular flexibility index (Phi) is 4.21. The van der Waals surface area contributed by atoms with E-state index < -0.39 is 5.97 Å². The van der Waals surface area contributed by atoms with Crippen molar-refractivity contribution in [1.29, 1.82) is 5.26 Å². The Morgan fingerprint density at radius 2 is 2.20 bits per heavy atom. The number of hydrogen-bond acceptors (Lipinski definition) is 2. The molecule has 0 aliphatic carbocycles. The summed E-state index contributed by atoms with van der Waals surface area (Å²) in [6, 6.07) is 11.1. The van der Waals surface area contributed by atoms with E-state index in [1.54, 1.807) is 18.3 Å². The molecule has 0 fully saturated rings. The predicted molar refractivity (Wildman–Crippen MR) is 75.6 cm³/mol. The van der Waals surface area contributed by atoms with Gasteiger partial charge in [-0.25, -0.2) is 4.79 Å². The van der Waals surface area contributed by atoms with Gasteiger partial charge in [-0.2, -0.15) is 5.26 Å². The van der Waals surface area contributed by atoms with Crippen LogP contribution in [0.1, 0.15) is 40.5 Å². The van der Waals surface area contributed by atoms with Gasteiger partial charge >= 0.3 is 5.97 Å². The number of aromatic carboxylic acids is 1. The van der Waals surface area contributed by atoms with Crippen molar-refractivity contribution in [3.63, 3.8) is 0 Å². The largest absolute Gasteiger partial charge is 0.478 e. The minimum absolute atomic E-state index is 0.364. The van der Waals surface area contributed by atoms with E-state index >= 15 is 0 Å². The fourth-order valence-electron chi connectivity index (χ4n) is 2.30. The first kappa shape index (κ1) is 13.9. The topological polar surface area (TPSA) is 66.0 Å². The van der Waals surface area contributed by atoms with E-state index in [1.165, 1.54) is 0 Å². The molecule has 2 rings (SSSR count). The fraction of sp³-hybridized carbons (Fsp3) is 0.250. The lowest BCUT2D eigenvalue weighted by Gasteiger charge is -2.10. The summed E-state index contributed by atoms with van der Waals surface area (Å²) < 4.78 is 1.95. The zero-order chi connectivity index (χ0) is 14.5. The van der Waals surface area contributed by atoms with Crippen LogP contribution < -0.4 is 0 Å². The van der Waals surface area contributed by atoms with Crippen molar-refractivity contribution in [3.05, 3.63) is 58.9 Å². The van der Waals surface area contributed by atoms with Crippen LogP contribution >= 0.6 is 0 Å². The Hall–Kier alpha value is -2.54. The Balaban J connectivity index is 2.33. The molecule has 0 unspecified atom stereocenters. The van der Waals surface area contributed by atoms with Gasteiger partial charge in [0.05, 0.1) is 17.2 Å². The Labute approximate surface area is 117 Å². The van der Waals surface area contributed by atoms with Gasteiger partial charge in [-0.05, 0) is 30.2 Å². The van der Waals surface area contributed by atoms with Crippen molar-refractivity contribution in [2.75, 3.05) is 0 Å². The quantitative estimate of drug-likeness (QED) is 0.906. The molecule has 0 aliphatic heterocycles. The lowest BCUT2D eigenvalue weighted by Crippen LogP contribution is -2.07. The number of aromatic nitrogens is 1. The summed E-state index contributed by atoms with van der Waals surface area (Å²) in [5, 5.41) is 18.1. The Bertz CT molecular complexity index is 665. The molecule has 0 radical (unpaired) electrons. The van der Waals surface area contributed by atoms with Gasteiger partial charge in [0.1, 0.15) is 0 Å². The maximum Gasteiger partial charge on any atom is 0.337 e. The molecule has 0 bridgehead atoms. The SMILES string of the molecule is CCCc1c(C(=O)O)ccn1Cc1cccc(C#N)c1. The highest BCUT2D eigenvalue weighted by atomic mass is 16.4. The maximum atomic E-state index is 11.2. The molecule has 0 spiro atoms. The van der Waals surface area contributed by atoms with Gasteiger partial charge in [-0.3, -0.25) is 0 Å². The predicted octanol–water partition coefficient (Wildman–Crippen LogP) is 3.06. The van der Waals surface area contributed by atoms with Crippen molar-refractivity contribution < 1.29 is 9.90 Å². The molecule has 20 heavy (non-hydrogen) atoms. The van der Waals surface area contributed by atoms with E-state index in [1.807, 2.05) is 29.7 Å². The van der Waals surface area contributed by atoms with Crippen LogP contribution in [0.3, 0.4) is 0 Å². The standard InChI is InChI=1S/C16H16N2O2/c1-2-4-15-14(16(19)20)7-8-18(15)11-13-6-3-5-12(9-13)10-17/h3,5-9H,2,4,11H2,1H3,(H,19,20). The summed E-state index contributed by atoms with van der Waals surface area (Å²) in [5.74, 6) is -0.891. The summed E-state index contributed by atoms with van der Waals surface area (Å²) in [5.41, 5.74) is 2.81. The lowest BCUT2D eigenvalue weighted by molar-refractivity contribution is 0.0695. The van der Waals surface area contributed by atoms with Crippen molar-refractivity contribution in [1.82, 2.24) is 4.57 Å². The summed E-state index contributed by atoms with van der Waals surface area (Å²) in [6.07, 6.45) is 3.42. The fourth-order valence-corrected chi connectivity index (χ4v) is 2.30. The highest BCUT2D eigenvalue weighted by Gasteiger charge is 2.14. The normalized spacial score (nSPS) is 10.2. The first-order chi connectivity index (χ1) is 9.65. The van der Waals surface area contributed by atoms with Crippen LogP contribution in [0.15, 0.2) is 36.5 Å². The van der Waals surface area contributed by atoms with Crippen LogP contribution in [0.2, 0.25) is 0 Å². The monoisotopic (exact) mass is 268 g/mol. The van der Waals surface area contributed by atoms with E-state index in [4.69, 9.17) is 5.26 Å². The summed E-state index contributed by atoms with van der Waals surface area (Å²) in [7, 11) is 0. The molecule has 1 heterocycles. The third-order valence-corrected chi connectivity index (χ3v) is 3.20. The van der Waals surface area contributed by atoms with Crippen LogP contribution in [-0.2, 0) is 13.0 Å². The van der Waals surface area contributed by atoms with E-state index in [0.29, 0.717) is 17.7 Å². The highest BCUT2D eigenvalue weighted by Crippen LogP contribution is 2.16. The van der Waals surface area contributed by atoms with Crippen molar-refractivity contribution in [2.45, 2.75) is 26.3 Å². The van der Waals surface area contributed by atoms with E-state index in [-0.39, 0.29) is 0 Å². The number of carboxylic acids is 1. The Morgan fingerprint density at radius 1 is 1.40 bits per heavy atom. The second-order valence-corrected chi connectivity index (χ2v) is 4.67. The molecule has 0 saturated carbocycles. The first-order valence-corrected chi connectivity index (χ1v) is 6.56. The van der Waals surface area contributed by atoms with Gasteiger partial charge in [-0.1, -0.05) is 25.5 Å². The smallest absolute Gasteiger partial charge is 0.337 e. The second-order valence-electron chi connectivity index (χ2n) is 4.67. The van der Waals surface area contributed by atoms with Crippen LogP contribution in [0, 0.1) is 11.3 Å². The van der Waals surface area contributed by atoms with Gasteiger partial charge < -0.3 is 9.67 Å². The molecule has 1 aromatic carbocycles. The number of benzene rings is 1. The van der Waals surface area contributed by atoms with E-state index in [2.05, 4.69) is 6.07 Å². The van der Waals surface area contributed by atoms with Gasteiger partial charge in [-0.15, -0.1) is 0 Å². The van der Waals surface area contributed by atoms with Crippen molar-refractivity contribution >= 4 is 5.97 Å². The highest BCUT2D eigenvalue weighted by molar-refractivity contribution is 5.89. The molecule has 2 aromatic rings. The molecule has 0 saturated heterocycles. The molecule has 4 heteroatoms. The molecule has 0 atom stereocenters. The molecule has 1 N–H and O–H groups in total.